The number of nitrogen functional groups attached to an aromatic ring is 1. The summed E-state index contributed by atoms with van der Waals surface area (Å²) in [4.78, 5) is 20.7. The lowest BCUT2D eigenvalue weighted by Gasteiger charge is -2.20. The molecule has 0 fully saturated rings. The predicted molar refractivity (Wildman–Crippen MR) is 86.3 cm³/mol. The van der Waals surface area contributed by atoms with Gasteiger partial charge in [0.2, 0.25) is 5.95 Å². The molecule has 0 spiro atoms. The number of aryl methyl sites for hydroxylation is 1. The van der Waals surface area contributed by atoms with Crippen LogP contribution in [-0.4, -0.2) is 28.3 Å². The number of carbonyl (C=O) groups is 1. The third-order valence-corrected chi connectivity index (χ3v) is 3.46. The van der Waals surface area contributed by atoms with Crippen molar-refractivity contribution in [3.05, 3.63) is 17.5 Å². The Hall–Kier alpha value is -1.49. The summed E-state index contributed by atoms with van der Waals surface area (Å²) in [6.07, 6.45) is 5.81. The molecule has 0 aliphatic rings. The zero-order valence-electron chi connectivity index (χ0n) is 13.6. The number of nitrogens with zero attached hydrogens (tertiary/aromatic N) is 2. The molecule has 0 saturated carbocycles. The van der Waals surface area contributed by atoms with Crippen LogP contribution in [-0.2, 0) is 0 Å². The van der Waals surface area contributed by atoms with E-state index in [1.165, 1.54) is 12.8 Å². The average molecular weight is 292 g/mol. The van der Waals surface area contributed by atoms with Gasteiger partial charge in [-0.1, -0.05) is 33.6 Å². The molecule has 21 heavy (non-hydrogen) atoms. The quantitative estimate of drug-likeness (QED) is 0.540. The lowest BCUT2D eigenvalue weighted by atomic mass is 9.96. The highest BCUT2D eigenvalue weighted by atomic mass is 16.1. The highest BCUT2D eigenvalue weighted by molar-refractivity contribution is 6.00. The van der Waals surface area contributed by atoms with Gasteiger partial charge in [-0.3, -0.25) is 4.79 Å². The van der Waals surface area contributed by atoms with E-state index in [4.69, 9.17) is 5.73 Å². The number of unbranched alkanes of at least 4 members (excludes halogenated alkanes) is 2. The molecule has 118 valence electrons. The molecule has 1 aromatic heterocycles. The van der Waals surface area contributed by atoms with Crippen LogP contribution in [0.25, 0.3) is 0 Å². The number of nitrogens with one attached hydrogen (secondary N) is 1. The molecular weight excluding hydrogens is 264 g/mol. The van der Waals surface area contributed by atoms with Crippen LogP contribution in [0.4, 0.5) is 5.95 Å². The van der Waals surface area contributed by atoms with Gasteiger partial charge >= 0.3 is 0 Å². The zero-order chi connectivity index (χ0) is 15.8. The molecule has 1 atom stereocenters. The van der Waals surface area contributed by atoms with Gasteiger partial charge in [-0.2, -0.15) is 0 Å². The van der Waals surface area contributed by atoms with Crippen molar-refractivity contribution in [2.24, 2.45) is 5.92 Å². The van der Waals surface area contributed by atoms with E-state index >= 15 is 0 Å². The first kappa shape index (κ1) is 17.6. The fourth-order valence-electron chi connectivity index (χ4n) is 2.32. The number of nitrogens with two attached hydrogens (primary N) is 1. The maximum absolute atomic E-state index is 12.7. The summed E-state index contributed by atoms with van der Waals surface area (Å²) in [5.74, 6) is 0.727. The van der Waals surface area contributed by atoms with Crippen LogP contribution in [0.2, 0.25) is 0 Å². The topological polar surface area (TPSA) is 80.9 Å². The molecule has 0 amide bonds. The zero-order valence-corrected chi connectivity index (χ0v) is 13.6. The number of aromatic nitrogens is 2. The second kappa shape index (κ2) is 8.72. The molecular formula is C16H28N4O. The Kier molecular flexibility index (Phi) is 7.29. The molecule has 0 bridgehead atoms. The average Bonchev–Trinajstić information content (AvgIpc) is 2.41. The van der Waals surface area contributed by atoms with Crippen LogP contribution in [0.15, 0.2) is 6.20 Å². The Balaban J connectivity index is 2.78. The smallest absolute Gasteiger partial charge is 0.220 e. The fraction of sp³-hybridized carbons (Fsp3) is 0.688. The Morgan fingerprint density at radius 3 is 2.67 bits per heavy atom. The van der Waals surface area contributed by atoms with Crippen LogP contribution >= 0.6 is 0 Å². The van der Waals surface area contributed by atoms with Gasteiger partial charge in [-0.05, 0) is 32.2 Å². The van der Waals surface area contributed by atoms with Crippen molar-refractivity contribution in [2.75, 3.05) is 12.3 Å². The van der Waals surface area contributed by atoms with Crippen molar-refractivity contribution >= 4 is 11.7 Å². The van der Waals surface area contributed by atoms with Gasteiger partial charge in [-0.25, -0.2) is 9.97 Å². The largest absolute Gasteiger partial charge is 0.368 e. The van der Waals surface area contributed by atoms with E-state index in [0.29, 0.717) is 17.2 Å². The molecule has 1 rings (SSSR count). The van der Waals surface area contributed by atoms with E-state index in [-0.39, 0.29) is 17.8 Å². The molecule has 0 aliphatic carbocycles. The summed E-state index contributed by atoms with van der Waals surface area (Å²) in [6.45, 7) is 9.09. The van der Waals surface area contributed by atoms with Crippen molar-refractivity contribution < 1.29 is 4.79 Å². The monoisotopic (exact) mass is 292 g/mol. The van der Waals surface area contributed by atoms with E-state index in [0.717, 1.165) is 19.4 Å². The van der Waals surface area contributed by atoms with Crippen LogP contribution in [0.3, 0.4) is 0 Å². The molecule has 0 aliphatic heterocycles. The normalized spacial score (nSPS) is 12.6. The predicted octanol–water partition coefficient (Wildman–Crippen LogP) is 2.74. The van der Waals surface area contributed by atoms with Crippen LogP contribution in [0.5, 0.6) is 0 Å². The van der Waals surface area contributed by atoms with Gasteiger partial charge in [0.1, 0.15) is 0 Å². The van der Waals surface area contributed by atoms with Crippen molar-refractivity contribution in [3.63, 3.8) is 0 Å². The minimum Gasteiger partial charge on any atom is -0.368 e. The van der Waals surface area contributed by atoms with Gasteiger partial charge < -0.3 is 11.1 Å². The Labute approximate surface area is 127 Å². The summed E-state index contributed by atoms with van der Waals surface area (Å²) in [5.41, 5.74) is 6.77. The standard InChI is InChI=1S/C16H28N4O/c1-5-6-7-8-18-14(9-11(2)3)15(21)13-10-19-16(17)20-12(13)4/h10-11,14,18H,5-9H2,1-4H3,(H2,17,19,20). The van der Waals surface area contributed by atoms with Crippen LogP contribution < -0.4 is 11.1 Å². The summed E-state index contributed by atoms with van der Waals surface area (Å²) >= 11 is 0. The van der Waals surface area contributed by atoms with E-state index in [1.807, 2.05) is 0 Å². The maximum Gasteiger partial charge on any atom is 0.220 e. The molecule has 0 radical (unpaired) electrons. The molecule has 5 heteroatoms. The fourth-order valence-corrected chi connectivity index (χ4v) is 2.32. The molecule has 0 aromatic carbocycles. The first-order chi connectivity index (χ1) is 9.95. The first-order valence-corrected chi connectivity index (χ1v) is 7.82. The van der Waals surface area contributed by atoms with Gasteiger partial charge in [-0.15, -0.1) is 0 Å². The van der Waals surface area contributed by atoms with E-state index < -0.39 is 0 Å². The molecule has 0 saturated heterocycles. The third kappa shape index (κ3) is 5.79. The van der Waals surface area contributed by atoms with Crippen LogP contribution in [0.1, 0.15) is 62.5 Å². The van der Waals surface area contributed by atoms with E-state index in [1.54, 1.807) is 13.1 Å². The van der Waals surface area contributed by atoms with E-state index in [2.05, 4.69) is 36.1 Å². The van der Waals surface area contributed by atoms with Gasteiger partial charge in [0.15, 0.2) is 5.78 Å². The van der Waals surface area contributed by atoms with Gasteiger partial charge in [0, 0.05) is 6.20 Å². The molecule has 5 nitrogen and oxygen atoms in total. The minimum absolute atomic E-state index is 0.0673. The number of anilines is 1. The number of Topliss-reactive ketones (excluding diaryl/α,β-unsaturated/α-hetero) is 1. The lowest BCUT2D eigenvalue weighted by molar-refractivity contribution is 0.0928. The van der Waals surface area contributed by atoms with E-state index in [9.17, 15) is 4.79 Å². The highest BCUT2D eigenvalue weighted by Gasteiger charge is 2.22. The Morgan fingerprint density at radius 1 is 1.38 bits per heavy atom. The minimum atomic E-state index is -0.173. The summed E-state index contributed by atoms with van der Waals surface area (Å²) in [6, 6.07) is -0.173. The van der Waals surface area contributed by atoms with Gasteiger partial charge in [0.25, 0.3) is 0 Å². The summed E-state index contributed by atoms with van der Waals surface area (Å²) in [7, 11) is 0. The molecule has 1 aromatic rings. The Bertz CT molecular complexity index is 460. The highest BCUT2D eigenvalue weighted by Crippen LogP contribution is 2.14. The van der Waals surface area contributed by atoms with Crippen LogP contribution in [0, 0.1) is 12.8 Å². The molecule has 1 heterocycles. The van der Waals surface area contributed by atoms with Gasteiger partial charge in [0.05, 0.1) is 17.3 Å². The number of hydrogen-bond acceptors (Lipinski definition) is 5. The number of rotatable bonds is 9. The van der Waals surface area contributed by atoms with Crippen molar-refractivity contribution in [3.8, 4) is 0 Å². The van der Waals surface area contributed by atoms with Crippen molar-refractivity contribution in [2.45, 2.75) is 59.4 Å². The second-order valence-corrected chi connectivity index (χ2v) is 5.93. The second-order valence-electron chi connectivity index (χ2n) is 5.93. The maximum atomic E-state index is 12.7. The lowest BCUT2D eigenvalue weighted by Crippen LogP contribution is -2.39. The third-order valence-electron chi connectivity index (χ3n) is 3.46. The molecule has 1 unspecified atom stereocenters. The molecule has 3 N–H and O–H groups in total. The summed E-state index contributed by atoms with van der Waals surface area (Å²) in [5, 5.41) is 3.39. The summed E-state index contributed by atoms with van der Waals surface area (Å²) < 4.78 is 0. The first-order valence-electron chi connectivity index (χ1n) is 7.82. The Morgan fingerprint density at radius 2 is 2.10 bits per heavy atom. The number of hydrogen-bond donors (Lipinski definition) is 2. The van der Waals surface area contributed by atoms with Crippen molar-refractivity contribution in [1.29, 1.82) is 0 Å². The SMILES string of the molecule is CCCCCNC(CC(C)C)C(=O)c1cnc(N)nc1C. The van der Waals surface area contributed by atoms with Crippen molar-refractivity contribution in [1.82, 2.24) is 15.3 Å². The number of ketones is 1. The number of carbonyl (C=O) groups excluding carboxylic acids is 1.